The number of phenols is 1. The summed E-state index contributed by atoms with van der Waals surface area (Å²) in [6.07, 6.45) is 4.02. The molecule has 138 valence electrons. The van der Waals surface area contributed by atoms with Crippen molar-refractivity contribution in [2.24, 2.45) is 5.41 Å². The highest BCUT2D eigenvalue weighted by Crippen LogP contribution is 2.57. The highest BCUT2D eigenvalue weighted by Gasteiger charge is 2.56. The lowest BCUT2D eigenvalue weighted by Gasteiger charge is -2.61. The van der Waals surface area contributed by atoms with Crippen molar-refractivity contribution in [3.63, 3.8) is 0 Å². The third-order valence-electron chi connectivity index (χ3n) is 7.06. The molecule has 0 spiro atoms. The lowest BCUT2D eigenvalue weighted by atomic mass is 9.51. The third kappa shape index (κ3) is 2.82. The van der Waals surface area contributed by atoms with Gasteiger partial charge in [-0.3, -0.25) is 4.90 Å². The van der Waals surface area contributed by atoms with Crippen molar-refractivity contribution >= 4 is 0 Å². The zero-order chi connectivity index (χ0) is 18.4. The molecule has 0 radical (unpaired) electrons. The lowest BCUT2D eigenvalue weighted by molar-refractivity contribution is -0.0602. The first kappa shape index (κ1) is 18.5. The minimum atomic E-state index is 0.0954. The number of phenolic OH excluding ortho intramolecular Hbond substituents is 1. The first-order chi connectivity index (χ1) is 11.7. The van der Waals surface area contributed by atoms with Crippen LogP contribution in [-0.4, -0.2) is 41.8 Å². The summed E-state index contributed by atoms with van der Waals surface area (Å²) in [5.74, 6) is 0.502. The first-order valence-electron chi connectivity index (χ1n) is 9.51. The van der Waals surface area contributed by atoms with Crippen molar-refractivity contribution in [2.75, 3.05) is 19.7 Å². The number of rotatable bonds is 5. The quantitative estimate of drug-likeness (QED) is 0.813. The van der Waals surface area contributed by atoms with Crippen molar-refractivity contribution in [3.8, 4) is 5.75 Å². The molecule has 2 bridgehead atoms. The van der Waals surface area contributed by atoms with Crippen molar-refractivity contribution in [1.29, 1.82) is 0 Å². The second-order valence-electron chi connectivity index (χ2n) is 8.71. The largest absolute Gasteiger partial charge is 0.507 e. The van der Waals surface area contributed by atoms with Crippen LogP contribution in [0.3, 0.4) is 0 Å². The van der Waals surface area contributed by atoms with Gasteiger partial charge in [-0.15, -0.1) is 6.58 Å². The van der Waals surface area contributed by atoms with Crippen LogP contribution in [0.2, 0.25) is 0 Å². The Morgan fingerprint density at radius 1 is 1.40 bits per heavy atom. The van der Waals surface area contributed by atoms with E-state index in [-0.39, 0.29) is 16.9 Å². The molecule has 0 amide bonds. The van der Waals surface area contributed by atoms with E-state index in [4.69, 9.17) is 4.74 Å². The van der Waals surface area contributed by atoms with E-state index in [1.54, 1.807) is 0 Å². The zero-order valence-corrected chi connectivity index (χ0v) is 16.4. The molecule has 1 aliphatic heterocycles. The van der Waals surface area contributed by atoms with Crippen LogP contribution in [-0.2, 0) is 16.6 Å². The van der Waals surface area contributed by atoms with Gasteiger partial charge in [-0.1, -0.05) is 39.0 Å². The Morgan fingerprint density at radius 3 is 2.80 bits per heavy atom. The Bertz CT molecular complexity index is 666. The fourth-order valence-corrected chi connectivity index (χ4v) is 5.04. The Labute approximate surface area is 152 Å². The lowest BCUT2D eigenvalue weighted by Crippen LogP contribution is -2.64. The summed E-state index contributed by atoms with van der Waals surface area (Å²) in [5, 5.41) is 10.7. The SMILES string of the molecule is C=CCO[C@@H](C)CN1CC[C@@]2(C)c3ccc(C)c(O)c3C[C@@H]1C2(C)C. The van der Waals surface area contributed by atoms with Gasteiger partial charge in [0.25, 0.3) is 0 Å². The van der Waals surface area contributed by atoms with Crippen LogP contribution in [0.1, 0.15) is 50.8 Å². The highest BCUT2D eigenvalue weighted by atomic mass is 16.5. The summed E-state index contributed by atoms with van der Waals surface area (Å²) in [4.78, 5) is 2.58. The van der Waals surface area contributed by atoms with Gasteiger partial charge in [-0.2, -0.15) is 0 Å². The number of nitrogens with zero attached hydrogens (tertiary/aromatic N) is 1. The zero-order valence-electron chi connectivity index (χ0n) is 16.4. The average Bonchev–Trinajstić information content (AvgIpc) is 2.55. The molecule has 25 heavy (non-hydrogen) atoms. The van der Waals surface area contributed by atoms with Crippen LogP contribution in [0.5, 0.6) is 5.75 Å². The number of benzene rings is 1. The van der Waals surface area contributed by atoms with Crippen molar-refractivity contribution in [1.82, 2.24) is 4.90 Å². The molecule has 1 aliphatic carbocycles. The summed E-state index contributed by atoms with van der Waals surface area (Å²) < 4.78 is 5.83. The van der Waals surface area contributed by atoms with Gasteiger partial charge in [0.15, 0.2) is 0 Å². The van der Waals surface area contributed by atoms with Gasteiger partial charge in [0.05, 0.1) is 12.7 Å². The van der Waals surface area contributed by atoms with E-state index >= 15 is 0 Å². The second kappa shape index (κ2) is 6.44. The molecule has 3 heteroatoms. The predicted octanol–water partition coefficient (Wildman–Crippen LogP) is 4.21. The van der Waals surface area contributed by atoms with E-state index in [9.17, 15) is 5.11 Å². The molecule has 1 N–H and O–H groups in total. The molecule has 3 rings (SSSR count). The fourth-order valence-electron chi connectivity index (χ4n) is 5.04. The van der Waals surface area contributed by atoms with Gasteiger partial charge >= 0.3 is 0 Å². The van der Waals surface area contributed by atoms with E-state index in [2.05, 4.69) is 51.3 Å². The molecule has 1 fully saturated rings. The molecule has 3 atom stereocenters. The summed E-state index contributed by atoms with van der Waals surface area (Å²) >= 11 is 0. The minimum Gasteiger partial charge on any atom is -0.507 e. The van der Waals surface area contributed by atoms with Gasteiger partial charge < -0.3 is 9.84 Å². The van der Waals surface area contributed by atoms with E-state index in [1.807, 2.05) is 13.0 Å². The van der Waals surface area contributed by atoms with Crippen LogP contribution < -0.4 is 0 Å². The monoisotopic (exact) mass is 343 g/mol. The molecule has 1 aromatic carbocycles. The van der Waals surface area contributed by atoms with Crippen LogP contribution in [0, 0.1) is 12.3 Å². The number of ether oxygens (including phenoxy) is 1. The molecular weight excluding hydrogens is 310 g/mol. The second-order valence-corrected chi connectivity index (χ2v) is 8.71. The molecule has 1 aromatic rings. The Kier molecular flexibility index (Phi) is 4.76. The summed E-state index contributed by atoms with van der Waals surface area (Å²) in [5.41, 5.74) is 3.74. The smallest absolute Gasteiger partial charge is 0.122 e. The maximum Gasteiger partial charge on any atom is 0.122 e. The maximum absolute atomic E-state index is 10.7. The number of aromatic hydroxyl groups is 1. The highest BCUT2D eigenvalue weighted by molar-refractivity contribution is 5.52. The molecule has 2 aliphatic rings. The topological polar surface area (TPSA) is 32.7 Å². The number of aryl methyl sites for hydroxylation is 1. The van der Waals surface area contributed by atoms with Crippen LogP contribution in [0.4, 0.5) is 0 Å². The van der Waals surface area contributed by atoms with E-state index in [1.165, 1.54) is 5.56 Å². The van der Waals surface area contributed by atoms with Gasteiger partial charge in [-0.25, -0.2) is 0 Å². The average molecular weight is 344 g/mol. The van der Waals surface area contributed by atoms with E-state index < -0.39 is 0 Å². The molecule has 0 saturated carbocycles. The van der Waals surface area contributed by atoms with E-state index in [0.717, 1.165) is 37.1 Å². The number of hydrogen-bond donors (Lipinski definition) is 1. The van der Waals surface area contributed by atoms with Crippen molar-refractivity contribution in [3.05, 3.63) is 41.5 Å². The third-order valence-corrected chi connectivity index (χ3v) is 7.06. The molecule has 1 heterocycles. The summed E-state index contributed by atoms with van der Waals surface area (Å²) in [6, 6.07) is 4.75. The Balaban J connectivity index is 1.95. The fraction of sp³-hybridized carbons (Fsp3) is 0.636. The molecular formula is C22H33NO2. The van der Waals surface area contributed by atoms with Gasteiger partial charge in [0.1, 0.15) is 5.75 Å². The molecule has 1 saturated heterocycles. The Hall–Kier alpha value is -1.32. The van der Waals surface area contributed by atoms with Gasteiger partial charge in [0.2, 0.25) is 0 Å². The minimum absolute atomic E-state index is 0.0954. The van der Waals surface area contributed by atoms with Gasteiger partial charge in [-0.05, 0) is 55.3 Å². The number of likely N-dealkylation sites (tertiary alicyclic amines) is 1. The van der Waals surface area contributed by atoms with E-state index in [0.29, 0.717) is 18.4 Å². The number of fused-ring (bicyclic) bond motifs is 4. The molecule has 0 aromatic heterocycles. The summed E-state index contributed by atoms with van der Waals surface area (Å²) in [7, 11) is 0. The predicted molar refractivity (Wildman–Crippen MR) is 103 cm³/mol. The summed E-state index contributed by atoms with van der Waals surface area (Å²) in [6.45, 7) is 17.7. The van der Waals surface area contributed by atoms with Crippen molar-refractivity contribution in [2.45, 2.75) is 65.0 Å². The van der Waals surface area contributed by atoms with Gasteiger partial charge in [0, 0.05) is 18.0 Å². The first-order valence-corrected chi connectivity index (χ1v) is 9.51. The maximum atomic E-state index is 10.7. The van der Waals surface area contributed by atoms with Crippen LogP contribution in [0.15, 0.2) is 24.8 Å². The number of piperidine rings is 1. The van der Waals surface area contributed by atoms with Crippen LogP contribution >= 0.6 is 0 Å². The van der Waals surface area contributed by atoms with Crippen LogP contribution in [0.25, 0.3) is 0 Å². The number of hydrogen-bond acceptors (Lipinski definition) is 3. The normalized spacial score (nSPS) is 29.1. The molecule has 0 unspecified atom stereocenters. The molecule has 3 nitrogen and oxygen atoms in total. The Morgan fingerprint density at radius 2 is 2.12 bits per heavy atom. The standard InChI is InChI=1S/C22H33NO2/c1-7-12-25-16(3)14-23-11-10-22(6)18-9-8-15(2)20(24)17(18)13-19(23)21(22,4)5/h7-9,16,19,24H,1,10-14H2,2-6H3/t16-,19+,22-/m0/s1. The van der Waals surface area contributed by atoms with Crippen molar-refractivity contribution < 1.29 is 9.84 Å².